The largest absolute Gasteiger partial charge is 0.356 e. The van der Waals surface area contributed by atoms with Crippen LogP contribution in [0.4, 0.5) is 11.4 Å². The van der Waals surface area contributed by atoms with Crippen LogP contribution in [0.3, 0.4) is 0 Å². The Kier molecular flexibility index (Phi) is 7.57. The number of para-hydroxylation sites is 2. The second-order valence-electron chi connectivity index (χ2n) is 7.38. The third-order valence-corrected chi connectivity index (χ3v) is 5.07. The van der Waals surface area contributed by atoms with Crippen LogP contribution in [-0.2, 0) is 9.59 Å². The zero-order valence-electron chi connectivity index (χ0n) is 17.2. The molecule has 0 radical (unpaired) electrons. The summed E-state index contributed by atoms with van der Waals surface area (Å²) in [6.07, 6.45) is 1.72. The monoisotopic (exact) mass is 408 g/mol. The molecule has 3 N–H and O–H groups in total. The molecule has 1 atom stereocenters. The van der Waals surface area contributed by atoms with Crippen LogP contribution in [0.2, 0.25) is 0 Å². The van der Waals surface area contributed by atoms with Crippen LogP contribution in [-0.4, -0.2) is 48.8 Å². The van der Waals surface area contributed by atoms with Crippen LogP contribution < -0.4 is 16.0 Å². The van der Waals surface area contributed by atoms with E-state index < -0.39 is 0 Å². The highest BCUT2D eigenvalue weighted by molar-refractivity contribution is 6.10. The first-order valence-electron chi connectivity index (χ1n) is 10.3. The van der Waals surface area contributed by atoms with E-state index in [0.717, 1.165) is 19.4 Å². The van der Waals surface area contributed by atoms with Crippen molar-refractivity contribution in [2.45, 2.75) is 19.8 Å². The molecule has 158 valence electrons. The predicted octanol–water partition coefficient (Wildman–Crippen LogP) is 2.73. The van der Waals surface area contributed by atoms with E-state index in [1.165, 1.54) is 0 Å². The number of carbonyl (C=O) groups is 3. The Morgan fingerprint density at radius 3 is 2.50 bits per heavy atom. The summed E-state index contributed by atoms with van der Waals surface area (Å²) in [6.45, 7) is 4.04. The number of likely N-dealkylation sites (tertiary alicyclic amines) is 1. The minimum absolute atomic E-state index is 0.0468. The lowest BCUT2D eigenvalue weighted by molar-refractivity contribution is -0.127. The molecule has 1 aliphatic heterocycles. The summed E-state index contributed by atoms with van der Waals surface area (Å²) >= 11 is 0. The van der Waals surface area contributed by atoms with Gasteiger partial charge in [-0.25, -0.2) is 0 Å². The summed E-state index contributed by atoms with van der Waals surface area (Å²) in [6, 6.07) is 16.1. The van der Waals surface area contributed by atoms with Crippen molar-refractivity contribution in [3.05, 3.63) is 60.2 Å². The molecule has 2 aromatic carbocycles. The van der Waals surface area contributed by atoms with Crippen LogP contribution in [0.5, 0.6) is 0 Å². The fourth-order valence-electron chi connectivity index (χ4n) is 3.63. The van der Waals surface area contributed by atoms with Crippen molar-refractivity contribution in [1.82, 2.24) is 10.2 Å². The molecular weight excluding hydrogens is 380 g/mol. The molecule has 0 saturated carbocycles. The highest BCUT2D eigenvalue weighted by Gasteiger charge is 2.26. The Hall–Kier alpha value is -3.19. The number of carbonyl (C=O) groups excluding carboxylic acids is 3. The van der Waals surface area contributed by atoms with E-state index in [9.17, 15) is 14.4 Å². The Bertz CT molecular complexity index is 885. The van der Waals surface area contributed by atoms with Crippen molar-refractivity contribution < 1.29 is 14.4 Å². The van der Waals surface area contributed by atoms with Gasteiger partial charge in [0.25, 0.3) is 5.91 Å². The molecule has 1 aliphatic rings. The van der Waals surface area contributed by atoms with E-state index in [4.69, 9.17) is 0 Å². The third kappa shape index (κ3) is 5.90. The van der Waals surface area contributed by atoms with Gasteiger partial charge in [-0.1, -0.05) is 30.3 Å². The maximum absolute atomic E-state index is 12.7. The van der Waals surface area contributed by atoms with Gasteiger partial charge in [-0.05, 0) is 50.6 Å². The molecule has 1 heterocycles. The first-order valence-corrected chi connectivity index (χ1v) is 10.3. The SMILES string of the molecule is CCNC(=O)C1CCCN(CC(=O)Nc2ccccc2C(=O)Nc2ccccc2)C1. The molecule has 2 aromatic rings. The van der Waals surface area contributed by atoms with Gasteiger partial charge in [-0.2, -0.15) is 0 Å². The summed E-state index contributed by atoms with van der Waals surface area (Å²) in [5, 5.41) is 8.55. The zero-order valence-corrected chi connectivity index (χ0v) is 17.2. The van der Waals surface area contributed by atoms with E-state index >= 15 is 0 Å². The van der Waals surface area contributed by atoms with Gasteiger partial charge in [0, 0.05) is 18.8 Å². The minimum Gasteiger partial charge on any atom is -0.356 e. The molecular formula is C23H28N4O3. The number of piperidine rings is 1. The van der Waals surface area contributed by atoms with Gasteiger partial charge >= 0.3 is 0 Å². The molecule has 0 aromatic heterocycles. The fraction of sp³-hybridized carbons (Fsp3) is 0.348. The number of hydrogen-bond acceptors (Lipinski definition) is 4. The Labute approximate surface area is 176 Å². The molecule has 7 heteroatoms. The second-order valence-corrected chi connectivity index (χ2v) is 7.38. The molecule has 0 bridgehead atoms. The van der Waals surface area contributed by atoms with E-state index in [1.54, 1.807) is 36.4 Å². The second kappa shape index (κ2) is 10.5. The first kappa shape index (κ1) is 21.5. The van der Waals surface area contributed by atoms with Gasteiger partial charge in [0.2, 0.25) is 11.8 Å². The van der Waals surface area contributed by atoms with Crippen molar-refractivity contribution in [2.24, 2.45) is 5.92 Å². The van der Waals surface area contributed by atoms with Crippen LogP contribution in [0, 0.1) is 5.92 Å². The van der Waals surface area contributed by atoms with Crippen LogP contribution >= 0.6 is 0 Å². The van der Waals surface area contributed by atoms with E-state index in [2.05, 4.69) is 16.0 Å². The number of hydrogen-bond donors (Lipinski definition) is 3. The van der Waals surface area contributed by atoms with Gasteiger partial charge < -0.3 is 16.0 Å². The number of amides is 3. The van der Waals surface area contributed by atoms with Gasteiger partial charge in [-0.15, -0.1) is 0 Å². The maximum atomic E-state index is 12.7. The number of benzene rings is 2. The highest BCUT2D eigenvalue weighted by Crippen LogP contribution is 2.19. The van der Waals surface area contributed by atoms with Crippen LogP contribution in [0.25, 0.3) is 0 Å². The molecule has 1 fully saturated rings. The molecule has 30 heavy (non-hydrogen) atoms. The molecule has 3 amide bonds. The Morgan fingerprint density at radius 2 is 1.73 bits per heavy atom. The van der Waals surface area contributed by atoms with Crippen molar-refractivity contribution in [3.8, 4) is 0 Å². The lowest BCUT2D eigenvalue weighted by Crippen LogP contribution is -2.45. The van der Waals surface area contributed by atoms with Gasteiger partial charge in [0.15, 0.2) is 0 Å². The fourth-order valence-corrected chi connectivity index (χ4v) is 3.63. The zero-order chi connectivity index (χ0) is 21.3. The van der Waals surface area contributed by atoms with Crippen molar-refractivity contribution in [1.29, 1.82) is 0 Å². The van der Waals surface area contributed by atoms with E-state index in [1.807, 2.05) is 30.0 Å². The van der Waals surface area contributed by atoms with Gasteiger partial charge in [0.05, 0.1) is 23.7 Å². The summed E-state index contributed by atoms with van der Waals surface area (Å²) < 4.78 is 0. The molecule has 1 unspecified atom stereocenters. The topological polar surface area (TPSA) is 90.5 Å². The van der Waals surface area contributed by atoms with Gasteiger partial charge in [-0.3, -0.25) is 19.3 Å². The van der Waals surface area contributed by atoms with Crippen LogP contribution in [0.1, 0.15) is 30.1 Å². The van der Waals surface area contributed by atoms with Crippen molar-refractivity contribution in [2.75, 3.05) is 36.8 Å². The first-order chi connectivity index (χ1) is 14.6. The van der Waals surface area contributed by atoms with Gasteiger partial charge in [0.1, 0.15) is 0 Å². The normalized spacial score (nSPS) is 16.5. The highest BCUT2D eigenvalue weighted by atomic mass is 16.2. The molecule has 0 spiro atoms. The smallest absolute Gasteiger partial charge is 0.257 e. The third-order valence-electron chi connectivity index (χ3n) is 5.07. The summed E-state index contributed by atoms with van der Waals surface area (Å²) in [4.78, 5) is 39.4. The standard InChI is InChI=1S/C23H28N4O3/c1-2-24-22(29)17-9-8-14-27(15-17)16-21(28)26-20-13-7-6-12-19(20)23(30)25-18-10-4-3-5-11-18/h3-7,10-13,17H,2,8-9,14-16H2,1H3,(H,24,29)(H,25,30)(H,26,28). The summed E-state index contributed by atoms with van der Waals surface area (Å²) in [5.41, 5.74) is 1.55. The van der Waals surface area contributed by atoms with E-state index in [0.29, 0.717) is 30.0 Å². The Morgan fingerprint density at radius 1 is 1.00 bits per heavy atom. The molecule has 1 saturated heterocycles. The quantitative estimate of drug-likeness (QED) is 0.657. The average Bonchev–Trinajstić information content (AvgIpc) is 2.75. The van der Waals surface area contributed by atoms with Crippen molar-refractivity contribution in [3.63, 3.8) is 0 Å². The lowest BCUT2D eigenvalue weighted by Gasteiger charge is -2.31. The molecule has 7 nitrogen and oxygen atoms in total. The molecule has 0 aliphatic carbocycles. The summed E-state index contributed by atoms with van der Waals surface area (Å²) in [7, 11) is 0. The number of nitrogens with zero attached hydrogens (tertiary/aromatic N) is 1. The minimum atomic E-state index is -0.286. The van der Waals surface area contributed by atoms with Crippen molar-refractivity contribution >= 4 is 29.1 Å². The van der Waals surface area contributed by atoms with Crippen LogP contribution in [0.15, 0.2) is 54.6 Å². The Balaban J connectivity index is 1.60. The average molecular weight is 409 g/mol. The predicted molar refractivity (Wildman–Crippen MR) is 117 cm³/mol. The number of nitrogens with one attached hydrogen (secondary N) is 3. The number of anilines is 2. The summed E-state index contributed by atoms with van der Waals surface area (Å²) in [5.74, 6) is -0.529. The lowest BCUT2D eigenvalue weighted by atomic mass is 9.97. The number of rotatable bonds is 7. The molecule has 3 rings (SSSR count). The van der Waals surface area contributed by atoms with E-state index in [-0.39, 0.29) is 30.2 Å². The maximum Gasteiger partial charge on any atom is 0.257 e.